The monoisotopic (exact) mass is 607 g/mol. The fraction of sp³-hybridized carbons (Fsp3) is 0.0882. The topological polar surface area (TPSA) is 47.4 Å². The van der Waals surface area contributed by atoms with Crippen molar-refractivity contribution in [2.24, 2.45) is 0 Å². The second-order valence-corrected chi connectivity index (χ2v) is 11.9. The van der Waals surface area contributed by atoms with E-state index in [1.165, 1.54) is 11.8 Å². The van der Waals surface area contributed by atoms with E-state index in [0.29, 0.717) is 26.6 Å². The van der Waals surface area contributed by atoms with Crippen molar-refractivity contribution in [1.29, 1.82) is 0 Å². The Hall–Kier alpha value is -4.17. The van der Waals surface area contributed by atoms with Crippen molar-refractivity contribution >= 4 is 51.9 Å². The van der Waals surface area contributed by atoms with E-state index in [0.717, 1.165) is 33.6 Å². The maximum Gasteiger partial charge on any atom is 0.266 e. The third-order valence-electron chi connectivity index (χ3n) is 6.97. The van der Waals surface area contributed by atoms with Crippen LogP contribution in [0.3, 0.4) is 0 Å². The van der Waals surface area contributed by atoms with Crippen molar-refractivity contribution in [2.45, 2.75) is 19.6 Å². The molecule has 4 aromatic carbocycles. The molecule has 0 aliphatic carbocycles. The normalized spacial score (nSPS) is 14.9. The summed E-state index contributed by atoms with van der Waals surface area (Å²) in [5.41, 5.74) is 5.38. The number of rotatable bonds is 8. The predicted molar refractivity (Wildman–Crippen MR) is 175 cm³/mol. The molecule has 6 rings (SSSR count). The quantitative estimate of drug-likeness (QED) is 0.130. The lowest BCUT2D eigenvalue weighted by Crippen LogP contribution is -2.30. The van der Waals surface area contributed by atoms with Crippen LogP contribution in [-0.4, -0.2) is 24.9 Å². The molecule has 5 nitrogen and oxygen atoms in total. The third kappa shape index (κ3) is 6.04. The van der Waals surface area contributed by atoms with Gasteiger partial charge in [0.2, 0.25) is 0 Å². The van der Waals surface area contributed by atoms with Crippen LogP contribution in [0.5, 0.6) is 5.75 Å². The first-order valence-electron chi connectivity index (χ1n) is 13.4. The average molecular weight is 608 g/mol. The number of nitrogens with zero attached hydrogens (tertiary/aromatic N) is 3. The van der Waals surface area contributed by atoms with Crippen molar-refractivity contribution < 1.29 is 9.53 Å². The van der Waals surface area contributed by atoms with Crippen molar-refractivity contribution in [1.82, 2.24) is 14.7 Å². The molecule has 1 amide bonds. The molecule has 208 valence electrons. The number of thioether (sulfide) groups is 1. The van der Waals surface area contributed by atoms with Gasteiger partial charge < -0.3 is 4.74 Å². The largest absolute Gasteiger partial charge is 0.489 e. The minimum atomic E-state index is -0.175. The van der Waals surface area contributed by atoms with Gasteiger partial charge in [-0.1, -0.05) is 108 Å². The molecule has 5 aromatic rings. The summed E-state index contributed by atoms with van der Waals surface area (Å²) in [6.07, 6.45) is 3.83. The first-order chi connectivity index (χ1) is 20.5. The van der Waals surface area contributed by atoms with E-state index < -0.39 is 0 Å². The highest BCUT2D eigenvalue weighted by molar-refractivity contribution is 8.26. The zero-order valence-electron chi connectivity index (χ0n) is 22.7. The Morgan fingerprint density at radius 1 is 0.952 bits per heavy atom. The number of benzene rings is 4. The van der Waals surface area contributed by atoms with Gasteiger partial charge in [-0.3, -0.25) is 9.69 Å². The summed E-state index contributed by atoms with van der Waals surface area (Å²) in [5.74, 6) is 0.602. The van der Waals surface area contributed by atoms with Crippen LogP contribution in [-0.2, 0) is 11.4 Å². The molecule has 0 bridgehead atoms. The first kappa shape index (κ1) is 28.0. The second-order valence-electron chi connectivity index (χ2n) is 9.79. The fourth-order valence-electron chi connectivity index (χ4n) is 4.75. The second kappa shape index (κ2) is 12.4. The maximum atomic E-state index is 13.6. The number of amides is 1. The van der Waals surface area contributed by atoms with Gasteiger partial charge >= 0.3 is 0 Å². The Kier molecular flexibility index (Phi) is 8.24. The number of para-hydroxylation sites is 1. The molecular formula is C34H26ClN3O2S2. The minimum Gasteiger partial charge on any atom is -0.489 e. The Balaban J connectivity index is 1.33. The van der Waals surface area contributed by atoms with Crippen LogP contribution in [0, 0.1) is 0 Å². The smallest absolute Gasteiger partial charge is 0.266 e. The lowest BCUT2D eigenvalue weighted by Gasteiger charge is -2.23. The molecule has 1 atom stereocenters. The molecule has 2 heterocycles. The number of ether oxygens (including phenoxy) is 1. The number of halogens is 1. The van der Waals surface area contributed by atoms with Crippen molar-refractivity contribution in [3.63, 3.8) is 0 Å². The Labute approximate surface area is 259 Å². The molecule has 1 unspecified atom stereocenters. The lowest BCUT2D eigenvalue weighted by atomic mass is 10.1. The predicted octanol–water partition coefficient (Wildman–Crippen LogP) is 8.73. The summed E-state index contributed by atoms with van der Waals surface area (Å²) in [6.45, 7) is 2.41. The van der Waals surface area contributed by atoms with Crippen molar-refractivity contribution in [3.8, 4) is 22.7 Å². The molecule has 0 radical (unpaired) electrons. The van der Waals surface area contributed by atoms with E-state index in [1.54, 1.807) is 4.90 Å². The highest BCUT2D eigenvalue weighted by atomic mass is 35.5. The summed E-state index contributed by atoms with van der Waals surface area (Å²) < 4.78 is 8.47. The van der Waals surface area contributed by atoms with Gasteiger partial charge in [0.25, 0.3) is 5.91 Å². The SMILES string of the molecule is CC(c1ccccc1)N1C(=O)C(=Cc2cn(-c3ccccc3)nc2-c2cccc(OCc3ccc(Cl)cc3)c2)SC1=S. The molecule has 0 N–H and O–H groups in total. The van der Waals surface area contributed by atoms with Gasteiger partial charge in [0, 0.05) is 22.3 Å². The number of aromatic nitrogens is 2. The number of hydrogen-bond acceptors (Lipinski definition) is 5. The molecule has 0 saturated carbocycles. The van der Waals surface area contributed by atoms with Gasteiger partial charge in [0.15, 0.2) is 0 Å². The van der Waals surface area contributed by atoms with Crippen LogP contribution in [0.4, 0.5) is 0 Å². The fourth-order valence-corrected chi connectivity index (χ4v) is 6.28. The molecule has 8 heteroatoms. The van der Waals surface area contributed by atoms with Gasteiger partial charge in [0.05, 0.1) is 16.6 Å². The number of hydrogen-bond donors (Lipinski definition) is 0. The standard InChI is InChI=1S/C34H26ClN3O2S2/c1-23(25-9-4-2-5-10-25)38-33(39)31(42-34(38)41)20-27-21-37(29-12-6-3-7-13-29)36-32(27)26-11-8-14-30(19-26)40-22-24-15-17-28(35)18-16-24/h2-21,23H,22H2,1H3. The summed E-state index contributed by atoms with van der Waals surface area (Å²) in [4.78, 5) is 15.9. The molecule has 1 aromatic heterocycles. The maximum absolute atomic E-state index is 13.6. The highest BCUT2D eigenvalue weighted by Crippen LogP contribution is 2.39. The van der Waals surface area contributed by atoms with E-state index in [4.69, 9.17) is 33.7 Å². The number of carbonyl (C=O) groups is 1. The number of thiocarbonyl (C=S) groups is 1. The highest BCUT2D eigenvalue weighted by Gasteiger charge is 2.36. The van der Waals surface area contributed by atoms with Crippen molar-refractivity contribution in [3.05, 3.63) is 142 Å². The summed E-state index contributed by atoms with van der Waals surface area (Å²) in [5, 5.41) is 5.63. The molecule has 0 spiro atoms. The van der Waals surface area contributed by atoms with Gasteiger partial charge in [-0.2, -0.15) is 5.10 Å². The summed E-state index contributed by atoms with van der Waals surface area (Å²) in [7, 11) is 0. The number of carbonyl (C=O) groups excluding carboxylic acids is 1. The van der Waals surface area contributed by atoms with Crippen molar-refractivity contribution in [2.75, 3.05) is 0 Å². The molecule has 1 saturated heterocycles. The van der Waals surface area contributed by atoms with Gasteiger partial charge in [-0.25, -0.2) is 4.68 Å². The van der Waals surface area contributed by atoms with E-state index in [1.807, 2.05) is 133 Å². The van der Waals surface area contributed by atoms with Crippen LogP contribution < -0.4 is 4.74 Å². The molecule has 42 heavy (non-hydrogen) atoms. The van der Waals surface area contributed by atoms with Gasteiger partial charge in [-0.15, -0.1) is 0 Å². The Morgan fingerprint density at radius 3 is 2.40 bits per heavy atom. The van der Waals surface area contributed by atoms with Gasteiger partial charge in [-0.05, 0) is 60.5 Å². The van der Waals surface area contributed by atoms with E-state index in [2.05, 4.69) is 0 Å². The third-order valence-corrected chi connectivity index (χ3v) is 8.55. The van der Waals surface area contributed by atoms with Crippen LogP contribution in [0.1, 0.15) is 29.7 Å². The molecule has 1 fully saturated rings. The summed E-state index contributed by atoms with van der Waals surface area (Å²) >= 11 is 13.0. The summed E-state index contributed by atoms with van der Waals surface area (Å²) in [6, 6.07) is 35.1. The first-order valence-corrected chi connectivity index (χ1v) is 15.0. The average Bonchev–Trinajstić information content (AvgIpc) is 3.57. The molecular weight excluding hydrogens is 582 g/mol. The van der Waals surface area contributed by atoms with E-state index >= 15 is 0 Å². The Bertz CT molecular complexity index is 1770. The minimum absolute atomic E-state index is 0.111. The van der Waals surface area contributed by atoms with E-state index in [-0.39, 0.29) is 11.9 Å². The van der Waals surface area contributed by atoms with Crippen LogP contribution in [0.15, 0.2) is 120 Å². The molecule has 1 aliphatic rings. The Morgan fingerprint density at radius 2 is 1.67 bits per heavy atom. The van der Waals surface area contributed by atoms with Gasteiger partial charge in [0.1, 0.15) is 22.4 Å². The zero-order valence-corrected chi connectivity index (χ0v) is 25.1. The zero-order chi connectivity index (χ0) is 29.1. The lowest BCUT2D eigenvalue weighted by molar-refractivity contribution is -0.123. The van der Waals surface area contributed by atoms with Crippen LogP contribution in [0.25, 0.3) is 23.0 Å². The van der Waals surface area contributed by atoms with Crippen LogP contribution in [0.2, 0.25) is 5.02 Å². The molecule has 1 aliphatic heterocycles. The van der Waals surface area contributed by atoms with E-state index in [9.17, 15) is 4.79 Å². The van der Waals surface area contributed by atoms with Crippen LogP contribution >= 0.6 is 35.6 Å².